The molecule has 0 saturated heterocycles. The van der Waals surface area contributed by atoms with Crippen molar-refractivity contribution in [3.8, 4) is 10.8 Å². The Balaban J connectivity index is 1.25. The molecule has 148 valence electrons. The number of hydrogen-bond acceptors (Lipinski definition) is 8. The Labute approximate surface area is 170 Å². The van der Waals surface area contributed by atoms with Gasteiger partial charge in [0.1, 0.15) is 0 Å². The molecule has 8 nitrogen and oxygen atoms in total. The smallest absolute Gasteiger partial charge is 0.306 e. The minimum absolute atomic E-state index is 0.0715. The molecule has 0 bridgehead atoms. The largest absolute Gasteiger partial charge is 0.457 e. The zero-order valence-corrected chi connectivity index (χ0v) is 16.4. The molecular formula is C20H17N3O5S. The minimum atomic E-state index is -0.458. The van der Waals surface area contributed by atoms with Crippen LogP contribution in [0, 0.1) is 6.92 Å². The molecule has 1 aliphatic rings. The third-order valence-electron chi connectivity index (χ3n) is 4.45. The van der Waals surface area contributed by atoms with Crippen molar-refractivity contribution < 1.29 is 23.6 Å². The molecule has 0 radical (unpaired) electrons. The van der Waals surface area contributed by atoms with Gasteiger partial charge in [-0.3, -0.25) is 19.3 Å². The number of aryl methyl sites for hydroxylation is 1. The van der Waals surface area contributed by atoms with Gasteiger partial charge in [-0.25, -0.2) is 0 Å². The van der Waals surface area contributed by atoms with E-state index in [2.05, 4.69) is 10.1 Å². The van der Waals surface area contributed by atoms with Gasteiger partial charge in [0, 0.05) is 13.0 Å². The van der Waals surface area contributed by atoms with Crippen LogP contribution in [0.1, 0.15) is 44.9 Å². The second-order valence-corrected chi connectivity index (χ2v) is 7.52. The molecule has 29 heavy (non-hydrogen) atoms. The highest BCUT2D eigenvalue weighted by atomic mass is 32.1. The minimum Gasteiger partial charge on any atom is -0.457 e. The van der Waals surface area contributed by atoms with Crippen LogP contribution in [0.25, 0.3) is 10.8 Å². The molecule has 0 spiro atoms. The molecule has 3 aromatic rings. The van der Waals surface area contributed by atoms with Gasteiger partial charge in [-0.05, 0) is 36.9 Å². The van der Waals surface area contributed by atoms with Crippen LogP contribution in [0.4, 0.5) is 0 Å². The number of amides is 2. The van der Waals surface area contributed by atoms with Gasteiger partial charge in [0.25, 0.3) is 17.7 Å². The lowest BCUT2D eigenvalue weighted by Crippen LogP contribution is -2.31. The van der Waals surface area contributed by atoms with Crippen LogP contribution in [0.5, 0.6) is 0 Å². The summed E-state index contributed by atoms with van der Waals surface area (Å²) in [5.74, 6) is -0.453. The second-order valence-electron chi connectivity index (χ2n) is 6.57. The molecule has 0 unspecified atom stereocenters. The van der Waals surface area contributed by atoms with Gasteiger partial charge < -0.3 is 9.26 Å². The van der Waals surface area contributed by atoms with Crippen molar-refractivity contribution in [2.75, 3.05) is 6.54 Å². The number of fused-ring (bicyclic) bond motifs is 1. The summed E-state index contributed by atoms with van der Waals surface area (Å²) in [5.41, 5.74) is 1.73. The Morgan fingerprint density at radius 3 is 2.83 bits per heavy atom. The van der Waals surface area contributed by atoms with E-state index in [1.165, 1.54) is 16.2 Å². The van der Waals surface area contributed by atoms with Gasteiger partial charge in [-0.2, -0.15) is 4.98 Å². The Kier molecular flexibility index (Phi) is 5.22. The third kappa shape index (κ3) is 3.95. The van der Waals surface area contributed by atoms with Crippen molar-refractivity contribution in [3.05, 3.63) is 58.2 Å². The molecule has 0 fully saturated rings. The highest BCUT2D eigenvalue weighted by molar-refractivity contribution is 7.13. The quantitative estimate of drug-likeness (QED) is 0.434. The van der Waals surface area contributed by atoms with Crippen molar-refractivity contribution in [3.63, 3.8) is 0 Å². The summed E-state index contributed by atoms with van der Waals surface area (Å²) in [6.07, 6.45) is 0.387. The molecule has 0 N–H and O–H groups in total. The molecule has 2 amide bonds. The number of esters is 1. The summed E-state index contributed by atoms with van der Waals surface area (Å²) in [7, 11) is 0. The summed E-state index contributed by atoms with van der Waals surface area (Å²) >= 11 is 1.47. The average Bonchev–Trinajstić information content (AvgIpc) is 3.43. The predicted molar refractivity (Wildman–Crippen MR) is 103 cm³/mol. The Bertz CT molecular complexity index is 1070. The Morgan fingerprint density at radius 2 is 2.03 bits per heavy atom. The molecule has 1 aromatic carbocycles. The number of carbonyl (C=O) groups excluding carboxylic acids is 3. The molecule has 0 atom stereocenters. The van der Waals surface area contributed by atoms with E-state index >= 15 is 0 Å². The van der Waals surface area contributed by atoms with E-state index < -0.39 is 5.97 Å². The number of nitrogens with zero attached hydrogens (tertiary/aromatic N) is 3. The van der Waals surface area contributed by atoms with E-state index in [-0.39, 0.29) is 37.2 Å². The van der Waals surface area contributed by atoms with E-state index in [1.54, 1.807) is 18.2 Å². The first kappa shape index (κ1) is 19.0. The average molecular weight is 411 g/mol. The van der Waals surface area contributed by atoms with Gasteiger partial charge in [0.05, 0.1) is 16.0 Å². The van der Waals surface area contributed by atoms with Crippen molar-refractivity contribution in [2.24, 2.45) is 0 Å². The first-order chi connectivity index (χ1) is 14.0. The molecule has 2 aromatic heterocycles. The molecule has 0 aliphatic carbocycles. The number of benzene rings is 1. The summed E-state index contributed by atoms with van der Waals surface area (Å²) in [4.78, 5) is 42.9. The maximum Gasteiger partial charge on any atom is 0.306 e. The lowest BCUT2D eigenvalue weighted by Gasteiger charge is -2.13. The summed E-state index contributed by atoms with van der Waals surface area (Å²) in [6, 6.07) is 8.90. The molecule has 1 aliphatic heterocycles. The number of aromatic nitrogens is 2. The maximum atomic E-state index is 12.4. The Hall–Kier alpha value is -3.33. The van der Waals surface area contributed by atoms with Crippen LogP contribution in [0.15, 0.2) is 40.2 Å². The normalized spacial score (nSPS) is 13.1. The van der Waals surface area contributed by atoms with E-state index in [1.807, 2.05) is 24.4 Å². The first-order valence-electron chi connectivity index (χ1n) is 9.02. The number of rotatable bonds is 7. The number of imide groups is 1. The third-order valence-corrected chi connectivity index (χ3v) is 5.31. The van der Waals surface area contributed by atoms with Crippen LogP contribution in [-0.4, -0.2) is 39.4 Å². The number of ether oxygens (including phenoxy) is 1. The lowest BCUT2D eigenvalue weighted by molar-refractivity contribution is -0.145. The van der Waals surface area contributed by atoms with Crippen molar-refractivity contribution in [1.82, 2.24) is 15.0 Å². The summed E-state index contributed by atoms with van der Waals surface area (Å²) in [5, 5.41) is 5.68. The number of hydrogen-bond donors (Lipinski definition) is 0. The predicted octanol–water partition coefficient (Wildman–Crippen LogP) is 3.23. The molecular weight excluding hydrogens is 394 g/mol. The lowest BCUT2D eigenvalue weighted by atomic mass is 10.1. The fourth-order valence-corrected chi connectivity index (χ4v) is 3.66. The van der Waals surface area contributed by atoms with Crippen LogP contribution in [0.3, 0.4) is 0 Å². The van der Waals surface area contributed by atoms with Crippen molar-refractivity contribution >= 4 is 29.1 Å². The van der Waals surface area contributed by atoms with Crippen molar-refractivity contribution in [1.29, 1.82) is 0 Å². The fourth-order valence-electron chi connectivity index (χ4n) is 3.02. The zero-order chi connectivity index (χ0) is 20.4. The SMILES string of the molecule is Cc1ccc2c(c1)C(=O)N(CCCC(=O)OCc1noc(-c3cccs3)n1)C2=O. The zero-order valence-electron chi connectivity index (χ0n) is 15.6. The van der Waals surface area contributed by atoms with Gasteiger partial charge in [-0.1, -0.05) is 22.9 Å². The highest BCUT2D eigenvalue weighted by Gasteiger charge is 2.35. The maximum absolute atomic E-state index is 12.4. The molecule has 9 heteroatoms. The van der Waals surface area contributed by atoms with Gasteiger partial charge >= 0.3 is 5.97 Å². The first-order valence-corrected chi connectivity index (χ1v) is 9.90. The topological polar surface area (TPSA) is 103 Å². The second kappa shape index (κ2) is 7.96. The van der Waals surface area contributed by atoms with E-state index in [9.17, 15) is 14.4 Å². The monoisotopic (exact) mass is 411 g/mol. The molecule has 4 rings (SSSR count). The van der Waals surface area contributed by atoms with Crippen molar-refractivity contribution in [2.45, 2.75) is 26.4 Å². The highest BCUT2D eigenvalue weighted by Crippen LogP contribution is 2.24. The fraction of sp³-hybridized carbons (Fsp3) is 0.250. The van der Waals surface area contributed by atoms with Gasteiger partial charge in [0.15, 0.2) is 6.61 Å². The summed E-state index contributed by atoms with van der Waals surface area (Å²) < 4.78 is 10.3. The standard InChI is InChI=1S/C20H17N3O5S/c1-12-6-7-13-14(10-12)20(26)23(19(13)25)8-2-5-17(24)27-11-16-21-18(28-22-16)15-4-3-9-29-15/h3-4,6-7,9-10H,2,5,8,11H2,1H3. The van der Waals surface area contributed by atoms with E-state index in [4.69, 9.17) is 9.26 Å². The van der Waals surface area contributed by atoms with Gasteiger partial charge in [-0.15, -0.1) is 11.3 Å². The van der Waals surface area contributed by atoms with E-state index in [0.717, 1.165) is 10.4 Å². The molecule has 0 saturated carbocycles. The van der Waals surface area contributed by atoms with E-state index in [0.29, 0.717) is 23.4 Å². The van der Waals surface area contributed by atoms with Crippen LogP contribution in [-0.2, 0) is 16.1 Å². The summed E-state index contributed by atoms with van der Waals surface area (Å²) in [6.45, 7) is 1.93. The van der Waals surface area contributed by atoms with Gasteiger partial charge in [0.2, 0.25) is 5.82 Å². The van der Waals surface area contributed by atoms with Crippen LogP contribution in [0.2, 0.25) is 0 Å². The number of thiophene rings is 1. The van der Waals surface area contributed by atoms with Crippen LogP contribution < -0.4 is 0 Å². The van der Waals surface area contributed by atoms with Crippen LogP contribution >= 0.6 is 11.3 Å². The number of carbonyl (C=O) groups is 3. The molecule has 3 heterocycles. The Morgan fingerprint density at radius 1 is 1.21 bits per heavy atom.